The molecule has 1 heterocycles. The zero-order valence-electron chi connectivity index (χ0n) is 23.4. The van der Waals surface area contributed by atoms with Gasteiger partial charge in [-0.15, -0.1) is 0 Å². The molecule has 1 fully saturated rings. The summed E-state index contributed by atoms with van der Waals surface area (Å²) in [6, 6.07) is 5.69. The highest BCUT2D eigenvalue weighted by Gasteiger charge is 2.57. The third kappa shape index (κ3) is 6.70. The van der Waals surface area contributed by atoms with Crippen molar-refractivity contribution in [2.75, 3.05) is 26.2 Å². The van der Waals surface area contributed by atoms with Crippen LogP contribution in [0.5, 0.6) is 0 Å². The number of halogens is 6. The highest BCUT2D eigenvalue weighted by Crippen LogP contribution is 2.47. The number of sulfone groups is 2. The number of fused-ring (bicyclic) bond motifs is 3. The van der Waals surface area contributed by atoms with E-state index in [4.69, 9.17) is 5.41 Å². The second kappa shape index (κ2) is 12.7. The first-order valence-corrected chi connectivity index (χ1v) is 16.7. The number of likely N-dealkylation sites (tertiary alicyclic amines) is 1. The predicted molar refractivity (Wildman–Crippen MR) is 150 cm³/mol. The molecule has 3 aliphatic rings. The molecule has 0 aromatic heterocycles. The number of alkyl halides is 6. The van der Waals surface area contributed by atoms with Gasteiger partial charge >= 0.3 is 11.0 Å². The molecule has 1 N–H and O–H groups in total. The van der Waals surface area contributed by atoms with Crippen LogP contribution in [-0.2, 0) is 19.7 Å². The second-order valence-electron chi connectivity index (χ2n) is 10.6. The Labute approximate surface area is 242 Å². The van der Waals surface area contributed by atoms with Crippen LogP contribution in [-0.4, -0.2) is 64.2 Å². The fraction of sp³-hybridized carbons (Fsp3) is 0.536. The Morgan fingerprint density at radius 2 is 1.36 bits per heavy atom. The molecule has 2 aliphatic carbocycles. The third-order valence-electron chi connectivity index (χ3n) is 7.93. The first-order chi connectivity index (χ1) is 19.4. The molecule has 0 amide bonds. The maximum atomic E-state index is 13.0. The predicted octanol–water partition coefficient (Wildman–Crippen LogP) is 7.17. The van der Waals surface area contributed by atoms with Crippen LogP contribution in [0.15, 0.2) is 45.7 Å². The van der Waals surface area contributed by atoms with Crippen molar-refractivity contribution in [2.45, 2.75) is 69.8 Å². The zero-order chi connectivity index (χ0) is 31.6. The smallest absolute Gasteiger partial charge is 0.324 e. The van der Waals surface area contributed by atoms with Crippen LogP contribution in [0, 0.1) is 5.41 Å². The van der Waals surface area contributed by atoms with Gasteiger partial charge in [0, 0.05) is 18.4 Å². The van der Waals surface area contributed by atoms with Crippen molar-refractivity contribution >= 4 is 37.0 Å². The van der Waals surface area contributed by atoms with Gasteiger partial charge in [-0.1, -0.05) is 50.5 Å². The van der Waals surface area contributed by atoms with Crippen LogP contribution in [0.2, 0.25) is 0 Å². The van der Waals surface area contributed by atoms with Crippen LogP contribution < -0.4 is 0 Å². The summed E-state index contributed by atoms with van der Waals surface area (Å²) < 4.78 is 127. The molecular weight excluding hydrogens is 606 g/mol. The van der Waals surface area contributed by atoms with E-state index >= 15 is 0 Å². The quantitative estimate of drug-likeness (QED) is 0.176. The third-order valence-corrected chi connectivity index (χ3v) is 11.1. The van der Waals surface area contributed by atoms with Gasteiger partial charge < -0.3 is 4.48 Å². The molecule has 0 atom stereocenters. The van der Waals surface area contributed by atoms with Gasteiger partial charge in [0.15, 0.2) is 0 Å². The number of hydrogen-bond donors (Lipinski definition) is 1. The van der Waals surface area contributed by atoms with Gasteiger partial charge in [0.25, 0.3) is 19.7 Å². The summed E-state index contributed by atoms with van der Waals surface area (Å²) in [5.74, 6) is 0. The van der Waals surface area contributed by atoms with E-state index in [9.17, 15) is 43.2 Å². The molecule has 1 saturated heterocycles. The van der Waals surface area contributed by atoms with Gasteiger partial charge in [0.05, 0.1) is 36.8 Å². The van der Waals surface area contributed by atoms with Crippen LogP contribution in [0.25, 0.3) is 11.6 Å². The van der Waals surface area contributed by atoms with Crippen molar-refractivity contribution in [3.63, 3.8) is 0 Å². The summed E-state index contributed by atoms with van der Waals surface area (Å²) in [5.41, 5.74) is -13.9. The Morgan fingerprint density at radius 3 is 1.90 bits per heavy atom. The number of rotatable bonds is 9. The average Bonchev–Trinajstić information content (AvgIpc) is 3.53. The van der Waals surface area contributed by atoms with Gasteiger partial charge in [-0.3, -0.25) is 5.41 Å². The van der Waals surface area contributed by atoms with Crippen molar-refractivity contribution in [1.82, 2.24) is 0 Å². The lowest BCUT2D eigenvalue weighted by Gasteiger charge is -2.33. The van der Waals surface area contributed by atoms with Crippen molar-refractivity contribution < 1.29 is 47.7 Å². The standard InChI is InChI=1S/C15H7F6NO4S2.C13H28N/c16-14(17,18)27(23,24)11-6-9-8-4-2-1-3-7(8)5-10(9)12(22)13(11)28(25,26)15(19,20)21;1-3-5-6-7-8-11-14(4-2)12-9-10-13-14/h1-6,22H;3-13H2,1-2H3/q;+1. The number of benzene rings is 1. The molecule has 1 aromatic carbocycles. The summed E-state index contributed by atoms with van der Waals surface area (Å²) in [5, 5.41) is 7.82. The number of allylic oxidation sites excluding steroid dienone is 4. The van der Waals surface area contributed by atoms with Gasteiger partial charge in [-0.25, -0.2) is 16.8 Å². The van der Waals surface area contributed by atoms with Gasteiger partial charge in [0.1, 0.15) is 4.91 Å². The number of quaternary nitrogens is 1. The summed E-state index contributed by atoms with van der Waals surface area (Å²) in [4.78, 5) is -4.38. The molecular formula is C28H35F6N2O4S2+. The highest BCUT2D eigenvalue weighted by atomic mass is 32.2. The minimum Gasteiger partial charge on any atom is -0.324 e. The molecule has 0 radical (unpaired) electrons. The number of unbranched alkanes of at least 4 members (excludes halogenated alkanes) is 4. The van der Waals surface area contributed by atoms with E-state index in [0.717, 1.165) is 6.08 Å². The van der Waals surface area contributed by atoms with E-state index in [1.54, 1.807) is 0 Å². The van der Waals surface area contributed by atoms with E-state index < -0.39 is 51.8 Å². The monoisotopic (exact) mass is 641 g/mol. The maximum absolute atomic E-state index is 13.0. The number of hydrogen-bond acceptors (Lipinski definition) is 5. The molecule has 1 aromatic rings. The lowest BCUT2D eigenvalue weighted by Crippen LogP contribution is -2.45. The van der Waals surface area contributed by atoms with Crippen molar-refractivity contribution in [3.05, 3.63) is 56.9 Å². The second-order valence-corrected chi connectivity index (χ2v) is 14.4. The first kappa shape index (κ1) is 34.0. The Morgan fingerprint density at radius 1 is 0.786 bits per heavy atom. The molecule has 234 valence electrons. The van der Waals surface area contributed by atoms with E-state index in [2.05, 4.69) is 13.8 Å². The summed E-state index contributed by atoms with van der Waals surface area (Å²) in [6.45, 7) is 10.4. The minimum absolute atomic E-state index is 0.153. The molecule has 4 rings (SSSR count). The summed E-state index contributed by atoms with van der Waals surface area (Å²) in [7, 11) is -13.1. The topological polar surface area (TPSA) is 92.1 Å². The Hall–Kier alpha value is -2.45. The van der Waals surface area contributed by atoms with Crippen LogP contribution >= 0.6 is 0 Å². The van der Waals surface area contributed by atoms with Gasteiger partial charge in [0.2, 0.25) is 0 Å². The summed E-state index contributed by atoms with van der Waals surface area (Å²) in [6.07, 6.45) is 11.5. The van der Waals surface area contributed by atoms with Crippen LogP contribution in [0.1, 0.15) is 69.9 Å². The lowest BCUT2D eigenvalue weighted by molar-refractivity contribution is -0.915. The van der Waals surface area contributed by atoms with Crippen molar-refractivity contribution in [1.29, 1.82) is 5.41 Å². The molecule has 6 nitrogen and oxygen atoms in total. The first-order valence-electron chi connectivity index (χ1n) is 13.8. The fourth-order valence-electron chi connectivity index (χ4n) is 5.51. The molecule has 14 heteroatoms. The number of nitrogens with one attached hydrogen (secondary N) is 1. The fourth-order valence-corrected chi connectivity index (χ4v) is 7.97. The molecule has 0 unspecified atom stereocenters. The Kier molecular flexibility index (Phi) is 10.3. The highest BCUT2D eigenvalue weighted by molar-refractivity contribution is 8.00. The summed E-state index contributed by atoms with van der Waals surface area (Å²) >= 11 is 0. The Balaban J connectivity index is 0.000000291. The molecule has 42 heavy (non-hydrogen) atoms. The maximum Gasteiger partial charge on any atom is 0.502 e. The average molecular weight is 642 g/mol. The lowest BCUT2D eigenvalue weighted by atomic mass is 9.95. The van der Waals surface area contributed by atoms with Crippen LogP contribution in [0.3, 0.4) is 0 Å². The Bertz CT molecular complexity index is 1500. The molecule has 0 spiro atoms. The SMILES string of the molecule is CCCCCCC[N+]1(CC)CCCC1.N=C1C2=Cc3ccccc3C2=CC(S(=O)(=O)C(F)(F)F)=C1S(=O)(=O)C(F)(F)F. The van der Waals surface area contributed by atoms with E-state index in [-0.39, 0.29) is 22.8 Å². The van der Waals surface area contributed by atoms with E-state index in [0.29, 0.717) is 0 Å². The zero-order valence-corrected chi connectivity index (χ0v) is 25.0. The molecule has 1 aliphatic heterocycles. The number of nitrogens with zero attached hydrogens (tertiary/aromatic N) is 1. The largest absolute Gasteiger partial charge is 0.502 e. The van der Waals surface area contributed by atoms with E-state index in [1.807, 2.05) is 0 Å². The van der Waals surface area contributed by atoms with Gasteiger partial charge in [-0.2, -0.15) is 26.3 Å². The van der Waals surface area contributed by atoms with Gasteiger partial charge in [-0.05, 0) is 48.6 Å². The van der Waals surface area contributed by atoms with Crippen LogP contribution in [0.4, 0.5) is 26.3 Å². The molecule has 0 saturated carbocycles. The molecule has 0 bridgehead atoms. The minimum atomic E-state index is -6.58. The van der Waals surface area contributed by atoms with Crippen molar-refractivity contribution in [3.8, 4) is 0 Å². The van der Waals surface area contributed by atoms with E-state index in [1.165, 1.54) is 99.9 Å². The van der Waals surface area contributed by atoms with Crippen molar-refractivity contribution in [2.24, 2.45) is 0 Å². The normalized spacial score (nSPS) is 18.6.